The number of carbonyl (C=O) groups is 1. The molecule has 3 heterocycles. The molecule has 0 aliphatic carbocycles. The summed E-state index contributed by atoms with van der Waals surface area (Å²) >= 11 is 0. The van der Waals surface area contributed by atoms with Gasteiger partial charge in [-0.2, -0.15) is 0 Å². The van der Waals surface area contributed by atoms with Crippen LogP contribution in [-0.2, 0) is 4.79 Å². The molecule has 4 N–H and O–H groups in total. The van der Waals surface area contributed by atoms with Crippen LogP contribution < -0.4 is 11.1 Å². The van der Waals surface area contributed by atoms with Gasteiger partial charge in [-0.25, -0.2) is 9.37 Å². The van der Waals surface area contributed by atoms with Crippen molar-refractivity contribution < 1.29 is 9.18 Å². The predicted molar refractivity (Wildman–Crippen MR) is 87.9 cm³/mol. The van der Waals surface area contributed by atoms with Gasteiger partial charge >= 0.3 is 0 Å². The highest BCUT2D eigenvalue weighted by molar-refractivity contribution is 5.81. The van der Waals surface area contributed by atoms with E-state index in [1.54, 1.807) is 11.1 Å². The maximum Gasteiger partial charge on any atom is 0.227 e. The van der Waals surface area contributed by atoms with E-state index in [9.17, 15) is 9.18 Å². The number of nitrogens with zero attached hydrogens (tertiary/aromatic N) is 3. The van der Waals surface area contributed by atoms with E-state index < -0.39 is 5.83 Å². The van der Waals surface area contributed by atoms with Crippen molar-refractivity contribution in [1.82, 2.24) is 19.6 Å². The van der Waals surface area contributed by atoms with Crippen LogP contribution in [0.15, 0.2) is 42.2 Å². The Morgan fingerprint density at radius 2 is 2.29 bits per heavy atom. The highest BCUT2D eigenvalue weighted by Gasteiger charge is 2.35. The van der Waals surface area contributed by atoms with Gasteiger partial charge in [0.05, 0.1) is 30.1 Å². The first-order chi connectivity index (χ1) is 11.5. The zero-order valence-corrected chi connectivity index (χ0v) is 13.2. The Morgan fingerprint density at radius 3 is 3.00 bits per heavy atom. The van der Waals surface area contributed by atoms with Crippen LogP contribution in [0.25, 0.3) is 5.65 Å². The van der Waals surface area contributed by atoms with E-state index in [1.807, 2.05) is 35.7 Å². The number of carbonyl (C=O) groups excluding carboxylic acids is 1. The molecule has 1 unspecified atom stereocenters. The summed E-state index contributed by atoms with van der Waals surface area (Å²) < 4.78 is 15.2. The lowest BCUT2D eigenvalue weighted by atomic mass is 9.98. The molecule has 1 aliphatic rings. The fraction of sp³-hybridized carbons (Fsp3) is 0.312. The highest BCUT2D eigenvalue weighted by atomic mass is 19.1. The summed E-state index contributed by atoms with van der Waals surface area (Å²) in [5, 5.41) is 9.81. The fourth-order valence-electron chi connectivity index (χ4n) is 2.74. The standard InChI is InChI=1S/C16H19FN6O/c1-10(13-7-20-14-4-2-3-5-23(13)14)21-16(24)11-8-22(9-11)15(19)12(17)6-18/h2-7,10-11,18H,8-9,19H2,1H3,(H,21,24)/b15-12-,18-6?. The molecular weight excluding hydrogens is 311 g/mol. The number of allylic oxidation sites excluding steroid dienone is 1. The van der Waals surface area contributed by atoms with Gasteiger partial charge in [0.15, 0.2) is 5.83 Å². The summed E-state index contributed by atoms with van der Waals surface area (Å²) in [5.74, 6) is -1.23. The molecule has 1 saturated heterocycles. The maximum atomic E-state index is 13.2. The molecule has 1 atom stereocenters. The zero-order chi connectivity index (χ0) is 17.3. The maximum absolute atomic E-state index is 13.2. The molecule has 0 radical (unpaired) electrons. The number of hydrogen-bond acceptors (Lipinski definition) is 5. The van der Waals surface area contributed by atoms with Crippen molar-refractivity contribution in [3.63, 3.8) is 0 Å². The summed E-state index contributed by atoms with van der Waals surface area (Å²) in [4.78, 5) is 18.2. The lowest BCUT2D eigenvalue weighted by Crippen LogP contribution is -2.54. The molecule has 8 heteroatoms. The molecule has 1 amide bonds. The van der Waals surface area contributed by atoms with E-state index >= 15 is 0 Å². The molecule has 126 valence electrons. The highest BCUT2D eigenvalue weighted by Crippen LogP contribution is 2.22. The summed E-state index contributed by atoms with van der Waals surface area (Å²) in [6, 6.07) is 5.51. The lowest BCUT2D eigenvalue weighted by Gasteiger charge is -2.40. The van der Waals surface area contributed by atoms with Crippen LogP contribution in [0, 0.1) is 11.3 Å². The third kappa shape index (κ3) is 2.82. The van der Waals surface area contributed by atoms with E-state index in [0.717, 1.165) is 11.3 Å². The zero-order valence-electron chi connectivity index (χ0n) is 13.2. The quantitative estimate of drug-likeness (QED) is 0.717. The first kappa shape index (κ1) is 16.0. The number of rotatable bonds is 5. The van der Waals surface area contributed by atoms with Gasteiger partial charge < -0.3 is 25.8 Å². The molecule has 1 aliphatic heterocycles. The summed E-state index contributed by atoms with van der Waals surface area (Å²) in [6.07, 6.45) is 4.21. The minimum absolute atomic E-state index is 0.0936. The number of likely N-dealkylation sites (tertiary alicyclic amines) is 1. The Labute approximate surface area is 138 Å². The Hall–Kier alpha value is -2.90. The third-order valence-electron chi connectivity index (χ3n) is 4.21. The van der Waals surface area contributed by atoms with Crippen LogP contribution in [0.4, 0.5) is 4.39 Å². The average molecular weight is 330 g/mol. The van der Waals surface area contributed by atoms with Crippen molar-refractivity contribution in [2.45, 2.75) is 13.0 Å². The molecule has 2 aromatic heterocycles. The second kappa shape index (κ2) is 6.31. The molecule has 0 aromatic carbocycles. The lowest BCUT2D eigenvalue weighted by molar-refractivity contribution is -0.130. The molecule has 7 nitrogen and oxygen atoms in total. The van der Waals surface area contributed by atoms with E-state index in [4.69, 9.17) is 11.1 Å². The van der Waals surface area contributed by atoms with Crippen LogP contribution >= 0.6 is 0 Å². The number of aromatic nitrogens is 2. The van der Waals surface area contributed by atoms with Gasteiger partial charge in [-0.15, -0.1) is 0 Å². The van der Waals surface area contributed by atoms with E-state index in [0.29, 0.717) is 19.3 Å². The van der Waals surface area contributed by atoms with E-state index in [2.05, 4.69) is 10.3 Å². The monoisotopic (exact) mass is 330 g/mol. The van der Waals surface area contributed by atoms with Gasteiger partial charge in [0, 0.05) is 19.3 Å². The molecule has 2 aromatic rings. The van der Waals surface area contributed by atoms with Crippen molar-refractivity contribution in [2.24, 2.45) is 11.7 Å². The van der Waals surface area contributed by atoms with Gasteiger partial charge in [-0.05, 0) is 19.1 Å². The number of hydrogen-bond donors (Lipinski definition) is 3. The average Bonchev–Trinajstić information content (AvgIpc) is 2.96. The molecule has 3 rings (SSSR count). The second-order valence-corrected chi connectivity index (χ2v) is 5.82. The van der Waals surface area contributed by atoms with Crippen molar-refractivity contribution in [3.05, 3.63) is 47.9 Å². The third-order valence-corrected chi connectivity index (χ3v) is 4.21. The molecule has 24 heavy (non-hydrogen) atoms. The topological polar surface area (TPSA) is 99.5 Å². The van der Waals surface area contributed by atoms with Crippen LogP contribution in [0.2, 0.25) is 0 Å². The largest absolute Gasteiger partial charge is 0.383 e. The van der Waals surface area contributed by atoms with Gasteiger partial charge in [-0.3, -0.25) is 4.79 Å². The molecule has 0 spiro atoms. The van der Waals surface area contributed by atoms with Gasteiger partial charge in [0.25, 0.3) is 0 Å². The Morgan fingerprint density at radius 1 is 1.54 bits per heavy atom. The van der Waals surface area contributed by atoms with Crippen LogP contribution in [-0.4, -0.2) is 39.5 Å². The summed E-state index contributed by atoms with van der Waals surface area (Å²) in [7, 11) is 0. The number of fused-ring (bicyclic) bond motifs is 1. The Kier molecular flexibility index (Phi) is 4.20. The van der Waals surface area contributed by atoms with Crippen LogP contribution in [0.3, 0.4) is 0 Å². The Bertz CT molecular complexity index is 808. The van der Waals surface area contributed by atoms with Crippen molar-refractivity contribution in [3.8, 4) is 0 Å². The molecular formula is C16H19FN6O. The summed E-state index contributed by atoms with van der Waals surface area (Å²) in [5.41, 5.74) is 7.29. The van der Waals surface area contributed by atoms with Crippen molar-refractivity contribution >= 4 is 17.8 Å². The number of pyridine rings is 1. The van der Waals surface area contributed by atoms with Gasteiger partial charge in [0.2, 0.25) is 5.91 Å². The van der Waals surface area contributed by atoms with Gasteiger partial charge in [0.1, 0.15) is 11.5 Å². The number of nitrogens with one attached hydrogen (secondary N) is 2. The normalized spacial score (nSPS) is 17.2. The first-order valence-corrected chi connectivity index (χ1v) is 7.64. The van der Waals surface area contributed by atoms with Crippen molar-refractivity contribution in [1.29, 1.82) is 5.41 Å². The minimum Gasteiger partial charge on any atom is -0.383 e. The van der Waals surface area contributed by atoms with E-state index in [1.165, 1.54) is 0 Å². The van der Waals surface area contributed by atoms with Gasteiger partial charge in [-0.1, -0.05) is 6.07 Å². The predicted octanol–water partition coefficient (Wildman–Crippen LogP) is 1.19. The smallest absolute Gasteiger partial charge is 0.227 e. The fourth-order valence-corrected chi connectivity index (χ4v) is 2.74. The molecule has 1 fully saturated rings. The van der Waals surface area contributed by atoms with Crippen molar-refractivity contribution in [2.75, 3.05) is 13.1 Å². The Balaban J connectivity index is 1.61. The SMILES string of the molecule is CC(NC(=O)C1CN(/C(N)=C(\F)C=N)C1)c1cnc2ccccn12. The number of imidazole rings is 1. The van der Waals surface area contributed by atoms with Crippen LogP contribution in [0.5, 0.6) is 0 Å². The minimum atomic E-state index is -0.784. The van der Waals surface area contributed by atoms with Crippen LogP contribution in [0.1, 0.15) is 18.7 Å². The number of amides is 1. The summed E-state index contributed by atoms with van der Waals surface area (Å²) in [6.45, 7) is 2.59. The number of halogens is 1. The van der Waals surface area contributed by atoms with E-state index in [-0.39, 0.29) is 23.7 Å². The molecule has 0 saturated carbocycles. The second-order valence-electron chi connectivity index (χ2n) is 5.82. The first-order valence-electron chi connectivity index (χ1n) is 7.64. The number of nitrogens with two attached hydrogens (primary N) is 1. The molecule has 0 bridgehead atoms.